The first-order chi connectivity index (χ1) is 12.0. The van der Waals surface area contributed by atoms with Gasteiger partial charge in [0.05, 0.1) is 24.0 Å². The average molecular weight is 363 g/mol. The van der Waals surface area contributed by atoms with Crippen LogP contribution in [0.4, 0.5) is 5.00 Å². The van der Waals surface area contributed by atoms with E-state index in [0.29, 0.717) is 23.4 Å². The highest BCUT2D eigenvalue weighted by Crippen LogP contribution is 2.40. The van der Waals surface area contributed by atoms with Crippen molar-refractivity contribution in [3.8, 4) is 0 Å². The van der Waals surface area contributed by atoms with Crippen LogP contribution in [0.2, 0.25) is 0 Å². The third-order valence-electron chi connectivity index (χ3n) is 4.72. The Balaban J connectivity index is 1.85. The van der Waals surface area contributed by atoms with Crippen LogP contribution in [0.25, 0.3) is 0 Å². The van der Waals surface area contributed by atoms with Crippen molar-refractivity contribution in [3.63, 3.8) is 0 Å². The number of allylic oxidation sites excluding steroid dienone is 2. The zero-order valence-corrected chi connectivity index (χ0v) is 14.9. The lowest BCUT2D eigenvalue weighted by Crippen LogP contribution is -2.34. The minimum absolute atomic E-state index is 0.269. The normalized spacial score (nSPS) is 21.6. The van der Waals surface area contributed by atoms with E-state index in [2.05, 4.69) is 5.32 Å². The molecule has 0 aromatic carbocycles. The SMILES string of the molecule is CCOC(=O)c1c(NC(=O)[C@@H]2CC=CC[C@@H]2C(=O)O)sc2c1CCC2. The third-order valence-corrected chi connectivity index (χ3v) is 5.93. The summed E-state index contributed by atoms with van der Waals surface area (Å²) in [6, 6.07) is 0. The van der Waals surface area contributed by atoms with Crippen LogP contribution in [0.5, 0.6) is 0 Å². The number of nitrogens with one attached hydrogen (secondary N) is 1. The number of carbonyl (C=O) groups is 3. The Morgan fingerprint density at radius 3 is 2.64 bits per heavy atom. The van der Waals surface area contributed by atoms with Crippen molar-refractivity contribution >= 4 is 34.2 Å². The van der Waals surface area contributed by atoms with Gasteiger partial charge in [-0.15, -0.1) is 11.3 Å². The molecule has 0 bridgehead atoms. The molecule has 1 heterocycles. The molecule has 1 amide bonds. The summed E-state index contributed by atoms with van der Waals surface area (Å²) in [5.41, 5.74) is 1.42. The Labute approximate surface area is 149 Å². The second kappa shape index (κ2) is 7.39. The minimum Gasteiger partial charge on any atom is -0.481 e. The number of carboxylic acids is 1. The Bertz CT molecular complexity index is 736. The van der Waals surface area contributed by atoms with Gasteiger partial charge in [-0.3, -0.25) is 9.59 Å². The zero-order chi connectivity index (χ0) is 18.0. The topological polar surface area (TPSA) is 92.7 Å². The van der Waals surface area contributed by atoms with Gasteiger partial charge in [0.15, 0.2) is 0 Å². The quantitative estimate of drug-likeness (QED) is 0.620. The third kappa shape index (κ3) is 3.46. The fourth-order valence-corrected chi connectivity index (χ4v) is 4.77. The van der Waals surface area contributed by atoms with Crippen LogP contribution < -0.4 is 5.32 Å². The molecule has 25 heavy (non-hydrogen) atoms. The highest BCUT2D eigenvalue weighted by molar-refractivity contribution is 7.17. The average Bonchev–Trinajstić information content (AvgIpc) is 3.15. The molecule has 0 radical (unpaired) electrons. The molecule has 0 aliphatic heterocycles. The molecule has 2 atom stereocenters. The van der Waals surface area contributed by atoms with Crippen LogP contribution >= 0.6 is 11.3 Å². The predicted molar refractivity (Wildman–Crippen MR) is 93.9 cm³/mol. The molecule has 0 unspecified atom stereocenters. The van der Waals surface area contributed by atoms with E-state index < -0.39 is 23.8 Å². The van der Waals surface area contributed by atoms with Gasteiger partial charge in [0, 0.05) is 4.88 Å². The smallest absolute Gasteiger partial charge is 0.341 e. The van der Waals surface area contributed by atoms with Gasteiger partial charge in [-0.1, -0.05) is 12.2 Å². The number of carboxylic acid groups (broad SMARTS) is 1. The summed E-state index contributed by atoms with van der Waals surface area (Å²) in [5, 5.41) is 12.7. The lowest BCUT2D eigenvalue weighted by molar-refractivity contribution is -0.146. The van der Waals surface area contributed by atoms with Crippen LogP contribution in [-0.4, -0.2) is 29.6 Å². The van der Waals surface area contributed by atoms with Crippen LogP contribution in [0, 0.1) is 11.8 Å². The number of fused-ring (bicyclic) bond motifs is 1. The van der Waals surface area contributed by atoms with Gasteiger partial charge in [-0.05, 0) is 44.6 Å². The molecule has 2 N–H and O–H groups in total. The standard InChI is InChI=1S/C18H21NO5S/c1-2-24-18(23)14-12-8-5-9-13(12)25-16(14)19-15(20)10-6-3-4-7-11(10)17(21)22/h3-4,10-11H,2,5-9H2,1H3,(H,19,20)(H,21,22)/t10-,11+/m1/s1. The summed E-state index contributed by atoms with van der Waals surface area (Å²) in [6.07, 6.45) is 7.07. The van der Waals surface area contributed by atoms with Gasteiger partial charge in [0.2, 0.25) is 5.91 Å². The first-order valence-electron chi connectivity index (χ1n) is 8.53. The Morgan fingerprint density at radius 1 is 1.24 bits per heavy atom. The summed E-state index contributed by atoms with van der Waals surface area (Å²) < 4.78 is 5.15. The number of hydrogen-bond acceptors (Lipinski definition) is 5. The van der Waals surface area contributed by atoms with E-state index in [0.717, 1.165) is 29.7 Å². The summed E-state index contributed by atoms with van der Waals surface area (Å²) in [7, 11) is 0. The Hall–Kier alpha value is -2.15. The maximum absolute atomic E-state index is 12.7. The maximum atomic E-state index is 12.7. The van der Waals surface area contributed by atoms with E-state index in [4.69, 9.17) is 4.74 Å². The largest absolute Gasteiger partial charge is 0.481 e. The molecule has 134 valence electrons. The number of hydrogen-bond donors (Lipinski definition) is 2. The number of esters is 1. The summed E-state index contributed by atoms with van der Waals surface area (Å²) in [4.78, 5) is 37.6. The number of anilines is 1. The molecule has 1 aromatic heterocycles. The lowest BCUT2D eigenvalue weighted by Gasteiger charge is -2.24. The molecule has 2 aliphatic rings. The molecule has 6 nitrogen and oxygen atoms in total. The molecule has 0 saturated carbocycles. The van der Waals surface area contributed by atoms with Crippen molar-refractivity contribution < 1.29 is 24.2 Å². The van der Waals surface area contributed by atoms with E-state index in [-0.39, 0.29) is 12.5 Å². The van der Waals surface area contributed by atoms with Crippen LogP contribution in [-0.2, 0) is 27.2 Å². The number of aliphatic carboxylic acids is 1. The fourth-order valence-electron chi connectivity index (χ4n) is 3.49. The second-order valence-electron chi connectivity index (χ2n) is 6.27. The number of amides is 1. The molecular weight excluding hydrogens is 342 g/mol. The second-order valence-corrected chi connectivity index (χ2v) is 7.37. The van der Waals surface area contributed by atoms with Gasteiger partial charge < -0.3 is 15.2 Å². The zero-order valence-electron chi connectivity index (χ0n) is 14.0. The summed E-state index contributed by atoms with van der Waals surface area (Å²) >= 11 is 1.41. The Kier molecular flexibility index (Phi) is 5.22. The maximum Gasteiger partial charge on any atom is 0.341 e. The minimum atomic E-state index is -0.969. The Morgan fingerprint density at radius 2 is 1.96 bits per heavy atom. The summed E-state index contributed by atoms with van der Waals surface area (Å²) in [5.74, 6) is -3.10. The monoisotopic (exact) mass is 363 g/mol. The van der Waals surface area contributed by atoms with Crippen LogP contribution in [0.3, 0.4) is 0 Å². The number of carbonyl (C=O) groups excluding carboxylic acids is 2. The van der Waals surface area contributed by atoms with Crippen molar-refractivity contribution in [1.82, 2.24) is 0 Å². The molecule has 7 heteroatoms. The number of rotatable bonds is 5. The van der Waals surface area contributed by atoms with E-state index >= 15 is 0 Å². The number of thiophene rings is 1. The molecule has 2 aliphatic carbocycles. The van der Waals surface area contributed by atoms with Crippen molar-refractivity contribution in [1.29, 1.82) is 0 Å². The predicted octanol–water partition coefficient (Wildman–Crippen LogP) is 3.02. The van der Waals surface area contributed by atoms with Crippen LogP contribution in [0.15, 0.2) is 12.2 Å². The van der Waals surface area contributed by atoms with Crippen molar-refractivity contribution in [2.24, 2.45) is 11.8 Å². The summed E-state index contributed by atoms with van der Waals surface area (Å²) in [6.45, 7) is 2.01. The van der Waals surface area contributed by atoms with E-state index in [1.165, 1.54) is 11.3 Å². The first kappa shape index (κ1) is 17.7. The number of aryl methyl sites for hydroxylation is 1. The molecule has 3 rings (SSSR count). The van der Waals surface area contributed by atoms with Gasteiger partial charge in [-0.2, -0.15) is 0 Å². The molecule has 0 saturated heterocycles. The van der Waals surface area contributed by atoms with E-state index in [9.17, 15) is 19.5 Å². The van der Waals surface area contributed by atoms with Crippen molar-refractivity contribution in [2.45, 2.75) is 39.0 Å². The van der Waals surface area contributed by atoms with Crippen LogP contribution in [0.1, 0.15) is 47.0 Å². The highest BCUT2D eigenvalue weighted by atomic mass is 32.1. The molecule has 0 spiro atoms. The first-order valence-corrected chi connectivity index (χ1v) is 9.34. The van der Waals surface area contributed by atoms with E-state index in [1.54, 1.807) is 13.0 Å². The van der Waals surface area contributed by atoms with Gasteiger partial charge in [0.25, 0.3) is 0 Å². The van der Waals surface area contributed by atoms with Gasteiger partial charge in [-0.25, -0.2) is 4.79 Å². The van der Waals surface area contributed by atoms with Crippen molar-refractivity contribution in [3.05, 3.63) is 28.2 Å². The lowest BCUT2D eigenvalue weighted by atomic mass is 9.82. The van der Waals surface area contributed by atoms with Crippen molar-refractivity contribution in [2.75, 3.05) is 11.9 Å². The molecule has 0 fully saturated rings. The van der Waals surface area contributed by atoms with Gasteiger partial charge >= 0.3 is 11.9 Å². The highest BCUT2D eigenvalue weighted by Gasteiger charge is 2.35. The van der Waals surface area contributed by atoms with E-state index in [1.807, 2.05) is 6.08 Å². The fraction of sp³-hybridized carbons (Fsp3) is 0.500. The van der Waals surface area contributed by atoms with Gasteiger partial charge in [0.1, 0.15) is 5.00 Å². The molecule has 1 aromatic rings. The molecular formula is C18H21NO5S. The number of ether oxygens (including phenoxy) is 1.